The van der Waals surface area contributed by atoms with Crippen molar-refractivity contribution in [1.29, 1.82) is 0 Å². The van der Waals surface area contributed by atoms with Crippen molar-refractivity contribution in [3.05, 3.63) is 30.1 Å². The van der Waals surface area contributed by atoms with E-state index < -0.39 is 6.10 Å². The first-order valence-electron chi connectivity index (χ1n) is 8.50. The predicted molar refractivity (Wildman–Crippen MR) is 90.3 cm³/mol. The zero-order chi connectivity index (χ0) is 16.8. The summed E-state index contributed by atoms with van der Waals surface area (Å²) >= 11 is 0. The summed E-state index contributed by atoms with van der Waals surface area (Å²) in [5.41, 5.74) is 0. The van der Waals surface area contributed by atoms with E-state index in [0.717, 1.165) is 38.9 Å². The Labute approximate surface area is 138 Å². The first kappa shape index (κ1) is 18.2. The van der Waals surface area contributed by atoms with Crippen LogP contribution in [0, 0.1) is 5.82 Å². The molecule has 1 fully saturated rings. The van der Waals surface area contributed by atoms with Gasteiger partial charge in [0, 0.05) is 19.1 Å². The predicted octanol–water partition coefficient (Wildman–Crippen LogP) is 2.37. The Morgan fingerprint density at radius 3 is 2.48 bits per heavy atom. The van der Waals surface area contributed by atoms with Crippen molar-refractivity contribution in [2.45, 2.75) is 44.4 Å². The highest BCUT2D eigenvalue weighted by atomic mass is 19.1. The number of ether oxygens (including phenoxy) is 1. The van der Waals surface area contributed by atoms with E-state index in [1.165, 1.54) is 12.1 Å². The minimum absolute atomic E-state index is 0.124. The third-order valence-corrected chi connectivity index (χ3v) is 4.57. The maximum atomic E-state index is 13.0. The fraction of sp³-hybridized carbons (Fsp3) is 0.667. The van der Waals surface area contributed by atoms with Crippen LogP contribution in [0.25, 0.3) is 0 Å². The number of rotatable bonds is 7. The highest BCUT2D eigenvalue weighted by Gasteiger charge is 2.36. The molecular formula is C18H29FN2O2. The van der Waals surface area contributed by atoms with Crippen molar-refractivity contribution in [3.63, 3.8) is 0 Å². The Morgan fingerprint density at radius 1 is 1.17 bits per heavy atom. The zero-order valence-corrected chi connectivity index (χ0v) is 14.4. The van der Waals surface area contributed by atoms with Crippen LogP contribution in [-0.2, 0) is 0 Å². The number of hydrogen-bond donors (Lipinski definition) is 1. The smallest absolute Gasteiger partial charge is 0.126 e. The Balaban J connectivity index is 1.98. The molecule has 1 aromatic rings. The second kappa shape index (κ2) is 8.62. The van der Waals surface area contributed by atoms with Gasteiger partial charge in [-0.2, -0.15) is 0 Å². The van der Waals surface area contributed by atoms with Crippen LogP contribution >= 0.6 is 0 Å². The lowest BCUT2D eigenvalue weighted by Crippen LogP contribution is -2.54. The van der Waals surface area contributed by atoms with Gasteiger partial charge in [-0.05, 0) is 64.2 Å². The first-order chi connectivity index (χ1) is 11.0. The maximum absolute atomic E-state index is 13.0. The Morgan fingerprint density at radius 2 is 1.87 bits per heavy atom. The van der Waals surface area contributed by atoms with E-state index in [4.69, 9.17) is 4.74 Å². The largest absolute Gasteiger partial charge is 0.488 e. The SMILES string of the molecule is CCN(CCN(C)C)[C@H]1CCC[C@@H](Oc2ccc(F)cc2)[C@@H]1O. The molecule has 1 aromatic carbocycles. The molecule has 1 N–H and O–H groups in total. The van der Waals surface area contributed by atoms with Gasteiger partial charge in [-0.15, -0.1) is 0 Å². The molecule has 0 aromatic heterocycles. The summed E-state index contributed by atoms with van der Waals surface area (Å²) in [4.78, 5) is 4.50. The molecule has 3 atom stereocenters. The molecule has 5 heteroatoms. The van der Waals surface area contributed by atoms with Gasteiger partial charge in [0.15, 0.2) is 0 Å². The molecule has 0 saturated heterocycles. The Bertz CT molecular complexity index is 467. The molecular weight excluding hydrogens is 295 g/mol. The van der Waals surface area contributed by atoms with Gasteiger partial charge in [-0.1, -0.05) is 6.92 Å². The van der Waals surface area contributed by atoms with Crippen molar-refractivity contribution in [2.75, 3.05) is 33.7 Å². The lowest BCUT2D eigenvalue weighted by molar-refractivity contribution is -0.0532. The van der Waals surface area contributed by atoms with Gasteiger partial charge in [0.25, 0.3) is 0 Å². The van der Waals surface area contributed by atoms with Crippen molar-refractivity contribution >= 4 is 0 Å². The topological polar surface area (TPSA) is 35.9 Å². The van der Waals surface area contributed by atoms with E-state index in [0.29, 0.717) is 5.75 Å². The van der Waals surface area contributed by atoms with Crippen molar-refractivity contribution in [3.8, 4) is 5.75 Å². The van der Waals surface area contributed by atoms with Crippen molar-refractivity contribution < 1.29 is 14.2 Å². The van der Waals surface area contributed by atoms with E-state index in [2.05, 4.69) is 30.8 Å². The molecule has 1 aliphatic carbocycles. The second-order valence-electron chi connectivity index (χ2n) is 6.53. The molecule has 0 amide bonds. The second-order valence-corrected chi connectivity index (χ2v) is 6.53. The van der Waals surface area contributed by atoms with Crippen LogP contribution in [-0.4, -0.2) is 66.9 Å². The molecule has 0 heterocycles. The third-order valence-electron chi connectivity index (χ3n) is 4.57. The monoisotopic (exact) mass is 324 g/mol. The minimum Gasteiger partial charge on any atom is -0.488 e. The van der Waals surface area contributed by atoms with Crippen molar-refractivity contribution in [1.82, 2.24) is 9.80 Å². The fourth-order valence-corrected chi connectivity index (χ4v) is 3.22. The van der Waals surface area contributed by atoms with Gasteiger partial charge in [0.1, 0.15) is 23.8 Å². The van der Waals surface area contributed by atoms with Crippen molar-refractivity contribution in [2.24, 2.45) is 0 Å². The summed E-state index contributed by atoms with van der Waals surface area (Å²) in [6.45, 7) is 4.96. The Hall–Kier alpha value is -1.17. The summed E-state index contributed by atoms with van der Waals surface area (Å²) in [5.74, 6) is 0.340. The molecule has 130 valence electrons. The average molecular weight is 324 g/mol. The fourth-order valence-electron chi connectivity index (χ4n) is 3.22. The first-order valence-corrected chi connectivity index (χ1v) is 8.50. The van der Waals surface area contributed by atoms with E-state index in [9.17, 15) is 9.50 Å². The molecule has 2 rings (SSSR count). The van der Waals surface area contributed by atoms with Crippen LogP contribution in [0.3, 0.4) is 0 Å². The highest BCUT2D eigenvalue weighted by Crippen LogP contribution is 2.27. The molecule has 1 aliphatic rings. The number of hydrogen-bond acceptors (Lipinski definition) is 4. The Kier molecular flexibility index (Phi) is 6.81. The molecule has 1 saturated carbocycles. The number of halogens is 1. The van der Waals surface area contributed by atoms with Crippen LogP contribution in [0.1, 0.15) is 26.2 Å². The molecule has 4 nitrogen and oxygen atoms in total. The van der Waals surface area contributed by atoms with Gasteiger partial charge in [0.2, 0.25) is 0 Å². The van der Waals surface area contributed by atoms with Gasteiger partial charge >= 0.3 is 0 Å². The maximum Gasteiger partial charge on any atom is 0.126 e. The van der Waals surface area contributed by atoms with E-state index >= 15 is 0 Å². The third kappa shape index (κ3) is 5.16. The summed E-state index contributed by atoms with van der Waals surface area (Å²) in [5, 5.41) is 10.8. The number of aliphatic hydroxyl groups excluding tert-OH is 1. The van der Waals surface area contributed by atoms with Crippen LogP contribution in [0.4, 0.5) is 4.39 Å². The molecule has 0 unspecified atom stereocenters. The summed E-state index contributed by atoms with van der Waals surface area (Å²) in [6.07, 6.45) is 2.11. The van der Waals surface area contributed by atoms with Gasteiger partial charge in [-0.25, -0.2) is 4.39 Å². The summed E-state index contributed by atoms with van der Waals surface area (Å²) in [6, 6.07) is 6.14. The van der Waals surface area contributed by atoms with E-state index in [1.54, 1.807) is 12.1 Å². The summed E-state index contributed by atoms with van der Waals surface area (Å²) in [7, 11) is 4.12. The van der Waals surface area contributed by atoms with Crippen LogP contribution in [0.2, 0.25) is 0 Å². The number of nitrogens with zero attached hydrogens (tertiary/aromatic N) is 2. The zero-order valence-electron chi connectivity index (χ0n) is 14.4. The number of benzene rings is 1. The minimum atomic E-state index is -0.518. The van der Waals surface area contributed by atoms with E-state index in [-0.39, 0.29) is 18.0 Å². The van der Waals surface area contributed by atoms with Crippen LogP contribution in [0.15, 0.2) is 24.3 Å². The molecule has 0 bridgehead atoms. The molecule has 0 radical (unpaired) electrons. The normalized spacial score (nSPS) is 25.1. The quantitative estimate of drug-likeness (QED) is 0.835. The van der Waals surface area contributed by atoms with Gasteiger partial charge < -0.3 is 14.7 Å². The molecule has 0 aliphatic heterocycles. The van der Waals surface area contributed by atoms with Crippen LogP contribution < -0.4 is 4.74 Å². The number of aliphatic hydroxyl groups is 1. The molecule has 0 spiro atoms. The van der Waals surface area contributed by atoms with Gasteiger partial charge in [-0.3, -0.25) is 4.90 Å². The average Bonchev–Trinajstić information content (AvgIpc) is 2.53. The van der Waals surface area contributed by atoms with Gasteiger partial charge in [0.05, 0.1) is 0 Å². The lowest BCUT2D eigenvalue weighted by Gasteiger charge is -2.41. The van der Waals surface area contributed by atoms with Crippen LogP contribution in [0.5, 0.6) is 5.75 Å². The summed E-state index contributed by atoms with van der Waals surface area (Å²) < 4.78 is 18.9. The lowest BCUT2D eigenvalue weighted by atomic mass is 9.88. The molecule has 23 heavy (non-hydrogen) atoms. The number of likely N-dealkylation sites (N-methyl/N-ethyl adjacent to an activating group) is 2. The highest BCUT2D eigenvalue weighted by molar-refractivity contribution is 5.22. The van der Waals surface area contributed by atoms with E-state index in [1.807, 2.05) is 0 Å². The standard InChI is InChI=1S/C18H29FN2O2/c1-4-21(13-12-20(2)3)16-6-5-7-17(18(16)22)23-15-10-8-14(19)9-11-15/h8-11,16-18,22H,4-7,12-13H2,1-3H3/t16-,17+,18+/m0/s1.